The minimum atomic E-state index is -1.23. The Kier molecular flexibility index (Phi) is 6.80. The van der Waals surface area contributed by atoms with Crippen molar-refractivity contribution in [2.75, 3.05) is 41.7 Å². The highest BCUT2D eigenvalue weighted by atomic mass is 16.6. The van der Waals surface area contributed by atoms with Crippen molar-refractivity contribution < 1.29 is 42.7 Å². The van der Waals surface area contributed by atoms with Crippen molar-refractivity contribution in [3.05, 3.63) is 47.0 Å². The van der Waals surface area contributed by atoms with Crippen molar-refractivity contribution in [1.82, 2.24) is 0 Å². The average Bonchev–Trinajstić information content (AvgIpc) is 3.25. The number of fused-ring (bicyclic) bond motifs is 2. The molecule has 0 spiro atoms. The first-order chi connectivity index (χ1) is 16.8. The van der Waals surface area contributed by atoms with Gasteiger partial charge in [0, 0.05) is 31.2 Å². The van der Waals surface area contributed by atoms with Crippen LogP contribution >= 0.6 is 0 Å². The summed E-state index contributed by atoms with van der Waals surface area (Å²) in [6.45, 7) is 3.03. The number of esters is 2. The molecule has 0 aromatic heterocycles. The summed E-state index contributed by atoms with van der Waals surface area (Å²) in [6, 6.07) is 9.32. The van der Waals surface area contributed by atoms with Crippen LogP contribution in [-0.4, -0.2) is 59.2 Å². The van der Waals surface area contributed by atoms with Gasteiger partial charge in [-0.1, -0.05) is 6.07 Å². The van der Waals surface area contributed by atoms with Gasteiger partial charge in [-0.2, -0.15) is 0 Å². The fourth-order valence-corrected chi connectivity index (χ4v) is 5.34. The number of ether oxygens (including phenoxy) is 7. The van der Waals surface area contributed by atoms with E-state index in [9.17, 15) is 9.59 Å². The Balaban J connectivity index is 2.02. The molecule has 188 valence electrons. The number of methoxy groups -OCH3 is 4. The average molecular weight is 487 g/mol. The van der Waals surface area contributed by atoms with E-state index in [0.29, 0.717) is 28.6 Å². The number of benzene rings is 2. The lowest BCUT2D eigenvalue weighted by molar-refractivity contribution is -0.195. The molecule has 4 atom stereocenters. The Morgan fingerprint density at radius 2 is 1.43 bits per heavy atom. The molecule has 0 unspecified atom stereocenters. The number of hydrogen-bond acceptors (Lipinski definition) is 9. The van der Waals surface area contributed by atoms with Gasteiger partial charge in [0.25, 0.3) is 0 Å². The Morgan fingerprint density at radius 3 is 2.00 bits per heavy atom. The van der Waals surface area contributed by atoms with Crippen LogP contribution in [0.15, 0.2) is 30.3 Å². The first kappa shape index (κ1) is 24.7. The maximum absolute atomic E-state index is 12.3. The Labute approximate surface area is 204 Å². The third-order valence-electron chi connectivity index (χ3n) is 6.69. The van der Waals surface area contributed by atoms with Gasteiger partial charge in [-0.15, -0.1) is 0 Å². The lowest BCUT2D eigenvalue weighted by Crippen LogP contribution is -2.53. The summed E-state index contributed by atoms with van der Waals surface area (Å²) in [5.41, 5.74) is 1.16. The maximum Gasteiger partial charge on any atom is 0.303 e. The first-order valence-electron chi connectivity index (χ1n) is 11.2. The fourth-order valence-electron chi connectivity index (χ4n) is 5.34. The summed E-state index contributed by atoms with van der Waals surface area (Å²) in [5.74, 6) is 0.474. The van der Waals surface area contributed by atoms with E-state index in [1.54, 1.807) is 27.4 Å². The molecule has 9 heteroatoms. The summed E-state index contributed by atoms with van der Waals surface area (Å²) < 4.78 is 39.9. The second-order valence-corrected chi connectivity index (χ2v) is 8.59. The first-order valence-corrected chi connectivity index (χ1v) is 11.2. The number of carbonyl (C=O) groups is 2. The van der Waals surface area contributed by atoms with Crippen molar-refractivity contribution in [1.29, 1.82) is 0 Å². The van der Waals surface area contributed by atoms with E-state index in [0.717, 1.165) is 11.1 Å². The number of rotatable bonds is 7. The van der Waals surface area contributed by atoms with Crippen LogP contribution in [0.25, 0.3) is 0 Å². The van der Waals surface area contributed by atoms with Gasteiger partial charge in [0.1, 0.15) is 0 Å². The molecule has 2 aromatic rings. The van der Waals surface area contributed by atoms with Crippen LogP contribution in [0.2, 0.25) is 0 Å². The third-order valence-corrected chi connectivity index (χ3v) is 6.69. The number of hydrogen-bond donors (Lipinski definition) is 0. The van der Waals surface area contributed by atoms with Gasteiger partial charge in [0.05, 0.1) is 41.7 Å². The lowest BCUT2D eigenvalue weighted by Gasteiger charge is -2.47. The van der Waals surface area contributed by atoms with Gasteiger partial charge >= 0.3 is 11.9 Å². The molecule has 1 aliphatic heterocycles. The van der Waals surface area contributed by atoms with E-state index in [-0.39, 0.29) is 25.0 Å². The van der Waals surface area contributed by atoms with E-state index >= 15 is 0 Å². The van der Waals surface area contributed by atoms with Crippen molar-refractivity contribution >= 4 is 11.9 Å². The molecule has 1 saturated heterocycles. The third kappa shape index (κ3) is 4.14. The Bertz CT molecular complexity index is 1130. The summed E-state index contributed by atoms with van der Waals surface area (Å²) in [7, 11) is 6.24. The zero-order chi connectivity index (χ0) is 25.3. The summed E-state index contributed by atoms with van der Waals surface area (Å²) in [5, 5.41) is 0. The molecule has 9 nitrogen and oxygen atoms in total. The Hall–Kier alpha value is -3.46. The fraction of sp³-hybridized carbons (Fsp3) is 0.462. The highest BCUT2D eigenvalue weighted by molar-refractivity contribution is 5.69. The van der Waals surface area contributed by atoms with Gasteiger partial charge in [-0.3, -0.25) is 9.59 Å². The summed E-state index contributed by atoms with van der Waals surface area (Å²) in [6.07, 6.45) is -0.900. The molecule has 0 saturated carbocycles. The second kappa shape index (κ2) is 9.65. The highest BCUT2D eigenvalue weighted by Gasteiger charge is 2.62. The molecule has 1 aliphatic carbocycles. The lowest BCUT2D eigenvalue weighted by atomic mass is 9.63. The number of carbonyl (C=O) groups excluding carboxylic acids is 2. The van der Waals surface area contributed by atoms with Crippen LogP contribution in [0.3, 0.4) is 0 Å². The van der Waals surface area contributed by atoms with Crippen LogP contribution < -0.4 is 18.9 Å². The molecular formula is C26H30O9. The topological polar surface area (TPSA) is 98.8 Å². The van der Waals surface area contributed by atoms with Crippen LogP contribution in [0.4, 0.5) is 0 Å². The predicted molar refractivity (Wildman–Crippen MR) is 124 cm³/mol. The molecule has 0 N–H and O–H groups in total. The van der Waals surface area contributed by atoms with Gasteiger partial charge in [0.2, 0.25) is 0 Å². The van der Waals surface area contributed by atoms with Gasteiger partial charge < -0.3 is 33.2 Å². The standard InChI is InChI=1S/C26H30O9/c1-14(27)34-25-18-11-23(32-6)22(31-5)10-17(18)24(16-7-8-20(29-3)21(9-16)30-4)19-12-33-13-26(19,25)35-15(2)28/h7-11,19,24-25H,12-13H2,1-6H3/t19-,24+,25+,26-/m1/s1. The molecule has 1 heterocycles. The molecule has 1 fully saturated rings. The smallest absolute Gasteiger partial charge is 0.303 e. The van der Waals surface area contributed by atoms with Crippen molar-refractivity contribution in [2.45, 2.75) is 31.5 Å². The van der Waals surface area contributed by atoms with E-state index in [1.807, 2.05) is 24.3 Å². The monoisotopic (exact) mass is 486 g/mol. The summed E-state index contributed by atoms with van der Waals surface area (Å²) >= 11 is 0. The quantitative estimate of drug-likeness (QED) is 0.545. The normalized spacial score (nSPS) is 24.6. The molecule has 0 amide bonds. The summed E-state index contributed by atoms with van der Waals surface area (Å²) in [4.78, 5) is 24.6. The molecule has 2 aliphatic rings. The largest absolute Gasteiger partial charge is 0.493 e. The van der Waals surface area contributed by atoms with Crippen LogP contribution in [0.5, 0.6) is 23.0 Å². The predicted octanol–water partition coefficient (Wildman–Crippen LogP) is 3.42. The van der Waals surface area contributed by atoms with Crippen LogP contribution in [-0.2, 0) is 23.8 Å². The second-order valence-electron chi connectivity index (χ2n) is 8.59. The molecule has 0 bridgehead atoms. The van der Waals surface area contributed by atoms with Crippen molar-refractivity contribution in [3.8, 4) is 23.0 Å². The van der Waals surface area contributed by atoms with E-state index in [2.05, 4.69) is 0 Å². The Morgan fingerprint density at radius 1 is 0.829 bits per heavy atom. The van der Waals surface area contributed by atoms with Crippen LogP contribution in [0, 0.1) is 5.92 Å². The van der Waals surface area contributed by atoms with E-state index < -0.39 is 23.6 Å². The molecule has 35 heavy (non-hydrogen) atoms. The minimum absolute atomic E-state index is 0.0762. The van der Waals surface area contributed by atoms with Gasteiger partial charge in [0.15, 0.2) is 34.7 Å². The minimum Gasteiger partial charge on any atom is -0.493 e. The van der Waals surface area contributed by atoms with Gasteiger partial charge in [-0.05, 0) is 35.4 Å². The maximum atomic E-state index is 12.3. The van der Waals surface area contributed by atoms with E-state index in [4.69, 9.17) is 33.2 Å². The molecule has 4 rings (SSSR count). The molecule has 2 aromatic carbocycles. The molecule has 0 radical (unpaired) electrons. The van der Waals surface area contributed by atoms with Crippen molar-refractivity contribution in [3.63, 3.8) is 0 Å². The highest BCUT2D eigenvalue weighted by Crippen LogP contribution is 2.58. The van der Waals surface area contributed by atoms with E-state index in [1.165, 1.54) is 21.0 Å². The zero-order valence-corrected chi connectivity index (χ0v) is 20.7. The zero-order valence-electron chi connectivity index (χ0n) is 20.7. The van der Waals surface area contributed by atoms with Gasteiger partial charge in [-0.25, -0.2) is 0 Å². The SMILES string of the molecule is COc1ccc([C@H]2c3cc(OC)c(OC)cc3[C@H](OC(C)=O)[C@@]3(OC(C)=O)COC[C@H]23)cc1OC. The molecular weight excluding hydrogens is 456 g/mol. The van der Waals surface area contributed by atoms with Crippen molar-refractivity contribution in [2.24, 2.45) is 5.92 Å². The van der Waals surface area contributed by atoms with Crippen LogP contribution in [0.1, 0.15) is 42.6 Å².